The van der Waals surface area contributed by atoms with E-state index in [9.17, 15) is 10.1 Å². The highest BCUT2D eigenvalue weighted by Gasteiger charge is 2.15. The molecule has 0 fully saturated rings. The Morgan fingerprint density at radius 3 is 2.95 bits per heavy atom. The third-order valence-electron chi connectivity index (χ3n) is 2.73. The van der Waals surface area contributed by atoms with Gasteiger partial charge in [-0.15, -0.1) is 0 Å². The molecule has 7 heteroatoms. The lowest BCUT2D eigenvalue weighted by atomic mass is 10.1. The largest absolute Gasteiger partial charge is 0.334 e. The molecule has 0 saturated heterocycles. The minimum Gasteiger partial charge on any atom is -0.334 e. The van der Waals surface area contributed by atoms with Gasteiger partial charge in [-0.3, -0.25) is 10.1 Å². The number of likely N-dealkylation sites (N-methyl/N-ethyl adjacent to an activating group) is 1. The van der Waals surface area contributed by atoms with Gasteiger partial charge in [0.15, 0.2) is 5.82 Å². The number of nitro groups is 1. The van der Waals surface area contributed by atoms with Crippen LogP contribution in [0.15, 0.2) is 22.7 Å². The van der Waals surface area contributed by atoms with Gasteiger partial charge in [0.1, 0.15) is 0 Å². The van der Waals surface area contributed by atoms with Gasteiger partial charge in [-0.25, -0.2) is 0 Å². The zero-order valence-corrected chi connectivity index (χ0v) is 10.7. The van der Waals surface area contributed by atoms with Crippen LogP contribution in [0.2, 0.25) is 0 Å². The van der Waals surface area contributed by atoms with Gasteiger partial charge in [0.05, 0.1) is 4.92 Å². The van der Waals surface area contributed by atoms with Crippen molar-refractivity contribution in [2.45, 2.75) is 13.3 Å². The summed E-state index contributed by atoms with van der Waals surface area (Å²) < 4.78 is 5.15. The van der Waals surface area contributed by atoms with Crippen LogP contribution in [0.25, 0.3) is 11.5 Å². The molecule has 1 N–H and O–H groups in total. The number of benzene rings is 1. The normalized spacial score (nSPS) is 10.6. The van der Waals surface area contributed by atoms with E-state index in [0.29, 0.717) is 23.7 Å². The molecule has 0 atom stereocenters. The number of aryl methyl sites for hydroxylation is 1. The van der Waals surface area contributed by atoms with Crippen LogP contribution in [-0.4, -0.2) is 28.7 Å². The Labute approximate surface area is 109 Å². The number of nitro benzene ring substituents is 1. The Hall–Kier alpha value is -2.28. The van der Waals surface area contributed by atoms with E-state index in [1.807, 2.05) is 14.0 Å². The van der Waals surface area contributed by atoms with Gasteiger partial charge < -0.3 is 9.84 Å². The average molecular weight is 262 g/mol. The van der Waals surface area contributed by atoms with Crippen molar-refractivity contribution in [1.82, 2.24) is 15.5 Å². The van der Waals surface area contributed by atoms with Crippen molar-refractivity contribution in [1.29, 1.82) is 0 Å². The van der Waals surface area contributed by atoms with Crippen molar-refractivity contribution in [3.05, 3.63) is 39.7 Å². The Balaban J connectivity index is 2.32. The molecule has 2 rings (SSSR count). The monoisotopic (exact) mass is 262 g/mol. The summed E-state index contributed by atoms with van der Waals surface area (Å²) in [5.41, 5.74) is 1.46. The van der Waals surface area contributed by atoms with Crippen molar-refractivity contribution < 1.29 is 9.45 Å². The zero-order valence-electron chi connectivity index (χ0n) is 10.7. The van der Waals surface area contributed by atoms with Crippen molar-refractivity contribution >= 4 is 5.69 Å². The fraction of sp³-hybridized carbons (Fsp3) is 0.333. The molecule has 0 amide bonds. The first kappa shape index (κ1) is 13.2. The number of hydrogen-bond acceptors (Lipinski definition) is 6. The number of hydrogen-bond donors (Lipinski definition) is 1. The Kier molecular flexibility index (Phi) is 3.86. The molecular weight excluding hydrogens is 248 g/mol. The first-order chi connectivity index (χ1) is 9.11. The third kappa shape index (κ3) is 2.94. The van der Waals surface area contributed by atoms with Crippen molar-refractivity contribution in [3.63, 3.8) is 0 Å². The molecule has 0 aliphatic carbocycles. The topological polar surface area (TPSA) is 94.1 Å². The summed E-state index contributed by atoms with van der Waals surface area (Å²) in [6.07, 6.45) is 0.647. The van der Waals surface area contributed by atoms with E-state index in [1.165, 1.54) is 12.1 Å². The van der Waals surface area contributed by atoms with Crippen molar-refractivity contribution in [3.8, 4) is 11.5 Å². The molecule has 0 spiro atoms. The fourth-order valence-corrected chi connectivity index (χ4v) is 1.66. The minimum atomic E-state index is -0.443. The third-order valence-corrected chi connectivity index (χ3v) is 2.73. The summed E-state index contributed by atoms with van der Waals surface area (Å²) >= 11 is 0. The van der Waals surface area contributed by atoms with Gasteiger partial charge in [0, 0.05) is 30.7 Å². The van der Waals surface area contributed by atoms with Crippen LogP contribution in [0, 0.1) is 17.0 Å². The summed E-state index contributed by atoms with van der Waals surface area (Å²) in [6, 6.07) is 4.58. The molecule has 0 bridgehead atoms. The van der Waals surface area contributed by atoms with Gasteiger partial charge in [0.25, 0.3) is 11.6 Å². The van der Waals surface area contributed by atoms with E-state index in [0.717, 1.165) is 12.1 Å². The van der Waals surface area contributed by atoms with Crippen LogP contribution in [-0.2, 0) is 6.42 Å². The van der Waals surface area contributed by atoms with E-state index < -0.39 is 4.92 Å². The molecule has 19 heavy (non-hydrogen) atoms. The number of aromatic nitrogens is 2. The second-order valence-electron chi connectivity index (χ2n) is 4.13. The van der Waals surface area contributed by atoms with Crippen LogP contribution in [0.1, 0.15) is 11.4 Å². The zero-order chi connectivity index (χ0) is 13.8. The first-order valence-corrected chi connectivity index (χ1v) is 5.84. The van der Waals surface area contributed by atoms with E-state index in [2.05, 4.69) is 15.5 Å². The average Bonchev–Trinajstić information content (AvgIpc) is 2.85. The molecule has 100 valence electrons. The van der Waals surface area contributed by atoms with Gasteiger partial charge in [0.2, 0.25) is 0 Å². The van der Waals surface area contributed by atoms with Crippen LogP contribution >= 0.6 is 0 Å². The summed E-state index contributed by atoms with van der Waals surface area (Å²) in [5, 5.41) is 17.6. The number of rotatable bonds is 5. The Morgan fingerprint density at radius 1 is 1.47 bits per heavy atom. The molecule has 1 aromatic carbocycles. The predicted molar refractivity (Wildman–Crippen MR) is 68.8 cm³/mol. The molecule has 0 radical (unpaired) electrons. The van der Waals surface area contributed by atoms with Crippen LogP contribution in [0.4, 0.5) is 5.69 Å². The van der Waals surface area contributed by atoms with Gasteiger partial charge in [-0.2, -0.15) is 4.98 Å². The second kappa shape index (κ2) is 5.57. The Morgan fingerprint density at radius 2 is 2.26 bits per heavy atom. The van der Waals surface area contributed by atoms with Gasteiger partial charge in [-0.1, -0.05) is 11.2 Å². The molecule has 0 aliphatic heterocycles. The van der Waals surface area contributed by atoms with Crippen molar-refractivity contribution in [2.24, 2.45) is 0 Å². The van der Waals surface area contributed by atoms with Gasteiger partial charge in [-0.05, 0) is 19.5 Å². The lowest BCUT2D eigenvalue weighted by Crippen LogP contribution is -2.11. The lowest BCUT2D eigenvalue weighted by molar-refractivity contribution is -0.384. The van der Waals surface area contributed by atoms with E-state index in [1.54, 1.807) is 6.07 Å². The van der Waals surface area contributed by atoms with Crippen LogP contribution < -0.4 is 5.32 Å². The molecule has 0 saturated carbocycles. The fourth-order valence-electron chi connectivity index (χ4n) is 1.66. The SMILES string of the molecule is CNCCc1noc(-c2cc([N+](=O)[O-])ccc2C)n1. The predicted octanol–water partition coefficient (Wildman–Crippen LogP) is 1.72. The lowest BCUT2D eigenvalue weighted by Gasteiger charge is -1.99. The quantitative estimate of drug-likeness (QED) is 0.651. The Bertz CT molecular complexity index is 594. The van der Waals surface area contributed by atoms with E-state index in [-0.39, 0.29) is 5.69 Å². The maximum absolute atomic E-state index is 10.8. The molecular formula is C12H14N4O3. The maximum Gasteiger partial charge on any atom is 0.270 e. The second-order valence-corrected chi connectivity index (χ2v) is 4.13. The smallest absolute Gasteiger partial charge is 0.270 e. The molecule has 0 unspecified atom stereocenters. The summed E-state index contributed by atoms with van der Waals surface area (Å²) in [7, 11) is 1.84. The minimum absolute atomic E-state index is 0.00979. The van der Waals surface area contributed by atoms with Gasteiger partial charge >= 0.3 is 0 Å². The summed E-state index contributed by atoms with van der Waals surface area (Å²) in [4.78, 5) is 14.6. The molecule has 2 aromatic rings. The highest BCUT2D eigenvalue weighted by molar-refractivity contribution is 5.62. The first-order valence-electron chi connectivity index (χ1n) is 5.84. The molecule has 1 aromatic heterocycles. The molecule has 7 nitrogen and oxygen atoms in total. The highest BCUT2D eigenvalue weighted by atomic mass is 16.6. The van der Waals surface area contributed by atoms with Crippen LogP contribution in [0.5, 0.6) is 0 Å². The molecule has 1 heterocycles. The number of non-ortho nitro benzene ring substituents is 1. The summed E-state index contributed by atoms with van der Waals surface area (Å²) in [5.74, 6) is 0.891. The van der Waals surface area contributed by atoms with Crippen molar-refractivity contribution in [2.75, 3.05) is 13.6 Å². The number of nitrogens with one attached hydrogen (secondary N) is 1. The molecule has 0 aliphatic rings. The maximum atomic E-state index is 10.8. The van der Waals surface area contributed by atoms with E-state index in [4.69, 9.17) is 4.52 Å². The number of nitrogens with zero attached hydrogens (tertiary/aromatic N) is 3. The highest BCUT2D eigenvalue weighted by Crippen LogP contribution is 2.26. The van der Waals surface area contributed by atoms with E-state index >= 15 is 0 Å². The standard InChI is InChI=1S/C12H14N4O3/c1-8-3-4-9(16(17)18)7-10(8)12-14-11(15-19-12)5-6-13-2/h3-4,7,13H,5-6H2,1-2H3. The van der Waals surface area contributed by atoms with Crippen LogP contribution in [0.3, 0.4) is 0 Å². The summed E-state index contributed by atoms with van der Waals surface area (Å²) in [6.45, 7) is 2.59.